The summed E-state index contributed by atoms with van der Waals surface area (Å²) in [6.07, 6.45) is 0. The molecule has 0 aliphatic rings. The quantitative estimate of drug-likeness (QED) is 0.743. The normalized spacial score (nSPS) is 11.1. The van der Waals surface area contributed by atoms with Crippen molar-refractivity contribution in [3.8, 4) is 0 Å². The van der Waals surface area contributed by atoms with Crippen molar-refractivity contribution in [1.82, 2.24) is 0 Å². The van der Waals surface area contributed by atoms with Crippen molar-refractivity contribution >= 4 is 38.9 Å². The summed E-state index contributed by atoms with van der Waals surface area (Å²) in [5.74, 6) is -0.654. The molecule has 0 saturated heterocycles. The molecule has 5 N–H and O–H groups in total. The highest BCUT2D eigenvalue weighted by atomic mass is 35.5. The Hall–Kier alpha value is -2.25. The number of primary amides is 1. The van der Waals surface area contributed by atoms with Gasteiger partial charge in [-0.2, -0.15) is 0 Å². The van der Waals surface area contributed by atoms with Gasteiger partial charge in [0, 0.05) is 16.3 Å². The molecule has 0 atom stereocenters. The van der Waals surface area contributed by atoms with Gasteiger partial charge in [-0.25, -0.2) is 8.42 Å². The summed E-state index contributed by atoms with van der Waals surface area (Å²) < 4.78 is 26.9. The Balaban J connectivity index is 2.40. The van der Waals surface area contributed by atoms with Crippen molar-refractivity contribution in [3.63, 3.8) is 0 Å². The zero-order chi connectivity index (χ0) is 15.6. The Kier molecular flexibility index (Phi) is 4.06. The van der Waals surface area contributed by atoms with Crippen LogP contribution in [0.1, 0.15) is 10.4 Å². The number of nitrogen functional groups attached to an aromatic ring is 1. The average molecular weight is 326 g/mol. The lowest BCUT2D eigenvalue weighted by Crippen LogP contribution is -2.16. The van der Waals surface area contributed by atoms with Crippen molar-refractivity contribution in [2.45, 2.75) is 4.90 Å². The molecule has 0 saturated carbocycles. The van der Waals surface area contributed by atoms with Gasteiger partial charge in [-0.1, -0.05) is 17.7 Å². The van der Waals surface area contributed by atoms with E-state index in [-0.39, 0.29) is 26.9 Å². The summed E-state index contributed by atoms with van der Waals surface area (Å²) in [5.41, 5.74) is 11.3. The van der Waals surface area contributed by atoms with Crippen LogP contribution in [0.4, 0.5) is 11.4 Å². The molecule has 110 valence electrons. The first-order valence-electron chi connectivity index (χ1n) is 5.77. The van der Waals surface area contributed by atoms with Crippen molar-refractivity contribution < 1.29 is 13.2 Å². The Bertz CT molecular complexity index is 806. The highest BCUT2D eigenvalue weighted by Crippen LogP contribution is 2.25. The second kappa shape index (κ2) is 5.63. The Morgan fingerprint density at radius 2 is 1.86 bits per heavy atom. The van der Waals surface area contributed by atoms with Crippen LogP contribution in [0.3, 0.4) is 0 Å². The Morgan fingerprint density at radius 3 is 2.52 bits per heavy atom. The zero-order valence-electron chi connectivity index (χ0n) is 10.7. The number of hydrogen-bond donors (Lipinski definition) is 3. The highest BCUT2D eigenvalue weighted by Gasteiger charge is 2.18. The van der Waals surface area contributed by atoms with Gasteiger partial charge in [0.25, 0.3) is 10.0 Å². The van der Waals surface area contributed by atoms with Crippen LogP contribution in [-0.2, 0) is 10.0 Å². The van der Waals surface area contributed by atoms with E-state index < -0.39 is 15.9 Å². The summed E-state index contributed by atoms with van der Waals surface area (Å²) in [6.45, 7) is 0. The maximum absolute atomic E-state index is 12.3. The largest absolute Gasteiger partial charge is 0.398 e. The van der Waals surface area contributed by atoms with Crippen molar-refractivity contribution in [2.24, 2.45) is 5.73 Å². The van der Waals surface area contributed by atoms with E-state index in [0.29, 0.717) is 0 Å². The van der Waals surface area contributed by atoms with Gasteiger partial charge in [0.15, 0.2) is 0 Å². The van der Waals surface area contributed by atoms with Crippen LogP contribution in [-0.4, -0.2) is 14.3 Å². The van der Waals surface area contributed by atoms with Gasteiger partial charge in [0.05, 0.1) is 5.69 Å². The summed E-state index contributed by atoms with van der Waals surface area (Å²) in [7, 11) is -3.92. The minimum atomic E-state index is -3.92. The topological polar surface area (TPSA) is 115 Å². The number of amides is 1. The molecule has 2 rings (SSSR count). The second-order valence-corrected chi connectivity index (χ2v) is 6.32. The van der Waals surface area contributed by atoms with Crippen LogP contribution in [0.2, 0.25) is 5.02 Å². The minimum absolute atomic E-state index is 0.0676. The van der Waals surface area contributed by atoms with E-state index in [2.05, 4.69) is 4.72 Å². The van der Waals surface area contributed by atoms with E-state index in [9.17, 15) is 13.2 Å². The van der Waals surface area contributed by atoms with Crippen LogP contribution < -0.4 is 16.2 Å². The van der Waals surface area contributed by atoms with Crippen LogP contribution in [0.25, 0.3) is 0 Å². The van der Waals surface area contributed by atoms with Crippen molar-refractivity contribution in [2.75, 3.05) is 10.5 Å². The molecule has 0 unspecified atom stereocenters. The third-order valence-corrected chi connectivity index (χ3v) is 4.34. The van der Waals surface area contributed by atoms with E-state index in [4.69, 9.17) is 23.1 Å². The highest BCUT2D eigenvalue weighted by molar-refractivity contribution is 7.92. The van der Waals surface area contributed by atoms with Gasteiger partial charge >= 0.3 is 0 Å². The first-order valence-corrected chi connectivity index (χ1v) is 7.63. The fourth-order valence-corrected chi connectivity index (χ4v) is 3.13. The number of hydrogen-bond acceptors (Lipinski definition) is 4. The van der Waals surface area contributed by atoms with Gasteiger partial charge in [-0.3, -0.25) is 9.52 Å². The first kappa shape index (κ1) is 15.1. The number of nitrogens with one attached hydrogen (secondary N) is 1. The van der Waals surface area contributed by atoms with Gasteiger partial charge < -0.3 is 11.5 Å². The monoisotopic (exact) mass is 325 g/mol. The molecule has 1 amide bonds. The summed E-state index contributed by atoms with van der Waals surface area (Å²) in [6, 6.07) is 9.95. The molecule has 0 bridgehead atoms. The molecule has 6 nitrogen and oxygen atoms in total. The molecular weight excluding hydrogens is 314 g/mol. The molecule has 2 aromatic carbocycles. The molecule has 21 heavy (non-hydrogen) atoms. The lowest BCUT2D eigenvalue weighted by Gasteiger charge is -2.11. The molecule has 2 aromatic rings. The molecule has 0 aliphatic heterocycles. The molecule has 0 aromatic heterocycles. The Morgan fingerprint density at radius 1 is 1.14 bits per heavy atom. The number of sulfonamides is 1. The van der Waals surface area contributed by atoms with Crippen molar-refractivity contribution in [3.05, 3.63) is 53.1 Å². The average Bonchev–Trinajstić information content (AvgIpc) is 2.41. The predicted octanol–water partition coefficient (Wildman–Crippen LogP) is 1.82. The fraction of sp³-hybridized carbons (Fsp3) is 0. The molecule has 8 heteroatoms. The zero-order valence-corrected chi connectivity index (χ0v) is 12.3. The minimum Gasteiger partial charge on any atom is -0.398 e. The second-order valence-electron chi connectivity index (χ2n) is 4.23. The summed E-state index contributed by atoms with van der Waals surface area (Å²) in [4.78, 5) is 11.0. The van der Waals surface area contributed by atoms with E-state index in [1.807, 2.05) is 0 Å². The number of nitrogens with two attached hydrogens (primary N) is 2. The number of anilines is 2. The lowest BCUT2D eigenvalue weighted by molar-refractivity contribution is 0.100. The van der Waals surface area contributed by atoms with E-state index in [1.165, 1.54) is 42.5 Å². The fourth-order valence-electron chi connectivity index (χ4n) is 1.69. The number of benzene rings is 2. The number of carbonyl (C=O) groups excluding carboxylic acids is 1. The van der Waals surface area contributed by atoms with Crippen LogP contribution >= 0.6 is 11.6 Å². The van der Waals surface area contributed by atoms with E-state index in [0.717, 1.165) is 0 Å². The third-order valence-electron chi connectivity index (χ3n) is 2.66. The summed E-state index contributed by atoms with van der Waals surface area (Å²) in [5, 5.41) is 0.246. The van der Waals surface area contributed by atoms with Crippen LogP contribution in [0, 0.1) is 0 Å². The van der Waals surface area contributed by atoms with Crippen LogP contribution in [0.15, 0.2) is 47.4 Å². The maximum Gasteiger partial charge on any atom is 0.263 e. The molecule has 0 radical (unpaired) electrons. The molecular formula is C13H12ClN3O3S. The molecule has 0 spiro atoms. The molecule has 0 heterocycles. The van der Waals surface area contributed by atoms with Gasteiger partial charge in [-0.05, 0) is 36.4 Å². The smallest absolute Gasteiger partial charge is 0.263 e. The lowest BCUT2D eigenvalue weighted by atomic mass is 10.2. The number of carbonyl (C=O) groups is 1. The molecule has 0 aliphatic carbocycles. The van der Waals surface area contributed by atoms with E-state index >= 15 is 0 Å². The Labute approximate surface area is 126 Å². The SMILES string of the molecule is NC(=O)c1cccc(NS(=O)(=O)c2cc(Cl)ccc2N)c1. The van der Waals surface area contributed by atoms with Gasteiger partial charge in [0.1, 0.15) is 4.90 Å². The third kappa shape index (κ3) is 3.45. The van der Waals surface area contributed by atoms with Crippen molar-refractivity contribution in [1.29, 1.82) is 0 Å². The maximum atomic E-state index is 12.3. The summed E-state index contributed by atoms with van der Waals surface area (Å²) >= 11 is 5.78. The number of rotatable bonds is 4. The standard InChI is InChI=1S/C13H12ClN3O3S/c14-9-4-5-11(15)12(7-9)21(19,20)17-10-3-1-2-8(6-10)13(16)18/h1-7,17H,15H2,(H2,16,18). The first-order chi connectivity index (χ1) is 9.79. The van der Waals surface area contributed by atoms with Crippen LogP contribution in [0.5, 0.6) is 0 Å². The van der Waals surface area contributed by atoms with Gasteiger partial charge in [0.2, 0.25) is 5.91 Å². The van der Waals surface area contributed by atoms with E-state index in [1.54, 1.807) is 0 Å². The van der Waals surface area contributed by atoms with Gasteiger partial charge in [-0.15, -0.1) is 0 Å². The number of halogens is 1. The predicted molar refractivity (Wildman–Crippen MR) is 81.6 cm³/mol. The molecule has 0 fully saturated rings.